The Hall–Kier alpha value is -0.506. The van der Waals surface area contributed by atoms with Crippen LogP contribution in [-0.4, -0.2) is 47.0 Å². The van der Waals surface area contributed by atoms with Gasteiger partial charge in [0.25, 0.3) is 0 Å². The first-order valence-electron chi connectivity index (χ1n) is 4.97. The van der Waals surface area contributed by atoms with Crippen LogP contribution in [0.2, 0.25) is 0 Å². The third-order valence-corrected chi connectivity index (χ3v) is 5.83. The zero-order valence-corrected chi connectivity index (χ0v) is 12.4. The van der Waals surface area contributed by atoms with Crippen LogP contribution in [0, 0.1) is 0 Å². The van der Waals surface area contributed by atoms with Crippen molar-refractivity contribution in [2.24, 2.45) is 0 Å². The molecule has 1 rings (SSSR count). The lowest BCUT2D eigenvalue weighted by molar-refractivity contribution is 0.291. The maximum absolute atomic E-state index is 5.34. The van der Waals surface area contributed by atoms with E-state index in [9.17, 15) is 0 Å². The summed E-state index contributed by atoms with van der Waals surface area (Å²) in [5.41, 5.74) is 0. The maximum atomic E-state index is 5.34. The molecule has 0 aliphatic carbocycles. The average molecular weight is 258 g/mol. The van der Waals surface area contributed by atoms with Gasteiger partial charge in [-0.15, -0.1) is 0 Å². The Morgan fingerprint density at radius 3 is 1.44 bits per heavy atom. The molecule has 0 heterocycles. The average Bonchev–Trinajstić information content (AvgIpc) is 2.33. The van der Waals surface area contributed by atoms with E-state index in [1.165, 1.54) is 0 Å². The second kappa shape index (κ2) is 6.94. The van der Waals surface area contributed by atoms with E-state index < -0.39 is 18.6 Å². The van der Waals surface area contributed by atoms with Crippen molar-refractivity contribution in [1.82, 2.24) is 0 Å². The predicted octanol–water partition coefficient (Wildman–Crippen LogP) is -0.873. The van der Waals surface area contributed by atoms with Crippen LogP contribution in [-0.2, 0) is 17.7 Å². The first kappa shape index (κ1) is 13.6. The lowest BCUT2D eigenvalue weighted by Gasteiger charge is -2.15. The van der Waals surface area contributed by atoms with Gasteiger partial charge in [-0.05, 0) is 10.4 Å². The first-order chi connectivity index (χ1) is 7.76. The molecular weight excluding hydrogens is 240 g/mol. The molecule has 0 aliphatic heterocycles. The number of hydrogen-bond acceptors (Lipinski definition) is 4. The molecule has 0 aromatic heterocycles. The molecule has 1 aromatic carbocycles. The third kappa shape index (κ3) is 3.24. The van der Waals surface area contributed by atoms with E-state index in [0.717, 1.165) is 10.4 Å². The predicted molar refractivity (Wildman–Crippen MR) is 68.0 cm³/mol. The van der Waals surface area contributed by atoms with Gasteiger partial charge >= 0.3 is 18.6 Å². The molecule has 1 aromatic rings. The van der Waals surface area contributed by atoms with Crippen molar-refractivity contribution < 1.29 is 17.7 Å². The molecule has 6 heteroatoms. The summed E-state index contributed by atoms with van der Waals surface area (Å²) in [6.07, 6.45) is 0. The SMILES string of the molecule is CO[SiH](OC)c1cccc([SiH](OC)OC)c1. The van der Waals surface area contributed by atoms with Crippen LogP contribution in [0.15, 0.2) is 24.3 Å². The molecule has 0 aliphatic rings. The molecule has 0 saturated heterocycles. The zero-order chi connectivity index (χ0) is 12.0. The molecule has 90 valence electrons. The van der Waals surface area contributed by atoms with Crippen LogP contribution >= 0.6 is 0 Å². The molecule has 0 radical (unpaired) electrons. The number of hydrogen-bond donors (Lipinski definition) is 0. The van der Waals surface area contributed by atoms with Crippen LogP contribution in [0.25, 0.3) is 0 Å². The Bertz CT molecular complexity index is 286. The van der Waals surface area contributed by atoms with Gasteiger partial charge in [0.1, 0.15) is 0 Å². The summed E-state index contributed by atoms with van der Waals surface area (Å²) < 4.78 is 21.4. The summed E-state index contributed by atoms with van der Waals surface area (Å²) in [6.45, 7) is 0. The number of rotatable bonds is 6. The van der Waals surface area contributed by atoms with Crippen molar-refractivity contribution in [3.8, 4) is 0 Å². The molecule has 16 heavy (non-hydrogen) atoms. The Kier molecular flexibility index (Phi) is 5.88. The van der Waals surface area contributed by atoms with Crippen LogP contribution in [0.4, 0.5) is 0 Å². The Balaban J connectivity index is 2.93. The van der Waals surface area contributed by atoms with Crippen molar-refractivity contribution in [3.05, 3.63) is 24.3 Å². The maximum Gasteiger partial charge on any atom is 0.355 e. The van der Waals surface area contributed by atoms with E-state index >= 15 is 0 Å². The first-order valence-corrected chi connectivity index (χ1v) is 8.01. The van der Waals surface area contributed by atoms with E-state index in [1.54, 1.807) is 28.4 Å². The normalized spacial score (nSPS) is 11.4. The fraction of sp³-hybridized carbons (Fsp3) is 0.400. The molecule has 0 saturated carbocycles. The highest BCUT2D eigenvalue weighted by atomic mass is 28.3. The van der Waals surface area contributed by atoms with E-state index in [4.69, 9.17) is 17.7 Å². The van der Waals surface area contributed by atoms with Gasteiger partial charge in [-0.1, -0.05) is 24.3 Å². The summed E-state index contributed by atoms with van der Waals surface area (Å²) >= 11 is 0. The van der Waals surface area contributed by atoms with Gasteiger partial charge < -0.3 is 17.7 Å². The minimum atomic E-state index is -1.73. The quantitative estimate of drug-likeness (QED) is 0.622. The summed E-state index contributed by atoms with van der Waals surface area (Å²) in [5.74, 6) is 0. The van der Waals surface area contributed by atoms with Gasteiger partial charge in [-0.2, -0.15) is 0 Å². The smallest absolute Gasteiger partial charge is 0.355 e. The minimum Gasteiger partial charge on any atom is -0.397 e. The van der Waals surface area contributed by atoms with E-state index in [1.807, 2.05) is 18.2 Å². The monoisotopic (exact) mass is 258 g/mol. The van der Waals surface area contributed by atoms with Crippen LogP contribution in [0.3, 0.4) is 0 Å². The van der Waals surface area contributed by atoms with Crippen molar-refractivity contribution in [2.45, 2.75) is 0 Å². The molecule has 4 nitrogen and oxygen atoms in total. The van der Waals surface area contributed by atoms with E-state index in [0.29, 0.717) is 0 Å². The van der Waals surface area contributed by atoms with Crippen LogP contribution < -0.4 is 10.4 Å². The minimum absolute atomic E-state index is 1.11. The fourth-order valence-corrected chi connectivity index (χ4v) is 4.45. The molecule has 0 unspecified atom stereocenters. The standard InChI is InChI=1S/C10H18O4Si2/c1-11-15(12-2)9-6-5-7-10(8-9)16(13-3)14-4/h5-8,15-16H,1-4H3. The second-order valence-corrected chi connectivity index (χ2v) is 7.82. The van der Waals surface area contributed by atoms with Crippen molar-refractivity contribution >= 4 is 28.9 Å². The van der Waals surface area contributed by atoms with Crippen LogP contribution in [0.1, 0.15) is 0 Å². The van der Waals surface area contributed by atoms with Gasteiger partial charge in [0.15, 0.2) is 0 Å². The second-order valence-electron chi connectivity index (χ2n) is 3.28. The van der Waals surface area contributed by atoms with Gasteiger partial charge in [0.2, 0.25) is 0 Å². The zero-order valence-electron chi connectivity index (χ0n) is 10.1. The highest BCUT2D eigenvalue weighted by molar-refractivity contribution is 6.65. The van der Waals surface area contributed by atoms with Crippen molar-refractivity contribution in [2.75, 3.05) is 28.4 Å². The van der Waals surface area contributed by atoms with E-state index in [-0.39, 0.29) is 0 Å². The summed E-state index contributed by atoms with van der Waals surface area (Å²) in [7, 11) is 3.24. The summed E-state index contributed by atoms with van der Waals surface area (Å²) in [6, 6.07) is 8.09. The molecule has 0 atom stereocenters. The van der Waals surface area contributed by atoms with Gasteiger partial charge in [0, 0.05) is 28.4 Å². The van der Waals surface area contributed by atoms with Gasteiger partial charge in [-0.3, -0.25) is 0 Å². The highest BCUT2D eigenvalue weighted by Gasteiger charge is 2.18. The summed E-state index contributed by atoms with van der Waals surface area (Å²) in [4.78, 5) is 0. The Morgan fingerprint density at radius 2 is 1.12 bits per heavy atom. The lowest BCUT2D eigenvalue weighted by Crippen LogP contribution is -2.41. The summed E-state index contributed by atoms with van der Waals surface area (Å²) in [5, 5.41) is 2.21. The third-order valence-electron chi connectivity index (χ3n) is 2.31. The highest BCUT2D eigenvalue weighted by Crippen LogP contribution is 1.93. The van der Waals surface area contributed by atoms with Crippen LogP contribution in [0.5, 0.6) is 0 Å². The van der Waals surface area contributed by atoms with E-state index in [2.05, 4.69) is 6.07 Å². The molecule has 0 fully saturated rings. The Labute approximate surface area is 99.8 Å². The number of benzene rings is 1. The molecule has 0 bridgehead atoms. The topological polar surface area (TPSA) is 36.9 Å². The molecular formula is C10H18O4Si2. The largest absolute Gasteiger partial charge is 0.397 e. The van der Waals surface area contributed by atoms with Crippen molar-refractivity contribution in [1.29, 1.82) is 0 Å². The molecule has 0 amide bonds. The lowest BCUT2D eigenvalue weighted by atomic mass is 10.4. The molecule has 0 spiro atoms. The van der Waals surface area contributed by atoms with Gasteiger partial charge in [-0.25, -0.2) is 0 Å². The van der Waals surface area contributed by atoms with Crippen molar-refractivity contribution in [3.63, 3.8) is 0 Å². The fourth-order valence-electron chi connectivity index (χ4n) is 1.59. The Morgan fingerprint density at radius 1 is 0.750 bits per heavy atom. The molecule has 0 N–H and O–H groups in total. The van der Waals surface area contributed by atoms with Gasteiger partial charge in [0.05, 0.1) is 0 Å².